The van der Waals surface area contributed by atoms with Gasteiger partial charge >= 0.3 is 12.2 Å². The molecule has 10 heteroatoms. The summed E-state index contributed by atoms with van der Waals surface area (Å²) in [6, 6.07) is 11.6. The molecule has 3 amide bonds. The molecule has 2 aromatic carbocycles. The van der Waals surface area contributed by atoms with E-state index in [0.717, 1.165) is 16.9 Å². The summed E-state index contributed by atoms with van der Waals surface area (Å²) in [5.74, 6) is -1.46. The number of carbonyl (C=O) groups is 2. The number of anilines is 2. The van der Waals surface area contributed by atoms with E-state index in [9.17, 15) is 22.8 Å². The zero-order chi connectivity index (χ0) is 20.1. The van der Waals surface area contributed by atoms with Crippen molar-refractivity contribution < 1.29 is 22.8 Å². The second kappa shape index (κ2) is 6.20. The molecule has 0 spiro atoms. The maximum absolute atomic E-state index is 14.0. The van der Waals surface area contributed by atoms with Gasteiger partial charge in [-0.15, -0.1) is 0 Å². The van der Waals surface area contributed by atoms with Crippen molar-refractivity contribution in [2.24, 2.45) is 0 Å². The van der Waals surface area contributed by atoms with E-state index in [1.165, 1.54) is 12.1 Å². The highest BCUT2D eigenvalue weighted by Crippen LogP contribution is 2.39. The number of thiazole rings is 1. The Morgan fingerprint density at radius 2 is 1.79 bits per heavy atom. The summed E-state index contributed by atoms with van der Waals surface area (Å²) in [5.41, 5.74) is -1.93. The molecule has 0 radical (unpaired) electrons. The number of nitrogens with zero attached hydrogens (tertiary/aromatic N) is 2. The Kier molecular flexibility index (Phi) is 4.03. The number of fused-ring (bicyclic) bond motifs is 1. The first-order chi connectivity index (χ1) is 13.2. The standard InChI is InChI=1S/C18H13F3N4O2S/c1-10-6-8-11(9-7-10)25-14(26)17(18(19,20)21,24-16(25)27)23-15-22-12-4-2-3-5-13(12)28-15/h2-9H,1H3,(H,22,23)(H,24,27). The van der Waals surface area contributed by atoms with Crippen LogP contribution >= 0.6 is 11.3 Å². The lowest BCUT2D eigenvalue weighted by Gasteiger charge is -2.29. The summed E-state index contributed by atoms with van der Waals surface area (Å²) in [7, 11) is 0. The normalized spacial score (nSPS) is 19.9. The highest BCUT2D eigenvalue weighted by Gasteiger charge is 2.68. The van der Waals surface area contributed by atoms with Gasteiger partial charge in [0.1, 0.15) is 0 Å². The van der Waals surface area contributed by atoms with Gasteiger partial charge in [0.25, 0.3) is 11.6 Å². The molecule has 1 fully saturated rings. The van der Waals surface area contributed by atoms with Gasteiger partial charge in [-0.3, -0.25) is 10.1 Å². The fourth-order valence-corrected chi connectivity index (χ4v) is 3.81. The van der Waals surface area contributed by atoms with Gasteiger partial charge in [-0.25, -0.2) is 14.7 Å². The quantitative estimate of drug-likeness (QED) is 0.644. The molecule has 1 saturated heterocycles. The van der Waals surface area contributed by atoms with Crippen molar-refractivity contribution in [2.45, 2.75) is 18.8 Å². The van der Waals surface area contributed by atoms with E-state index in [1.807, 2.05) is 0 Å². The summed E-state index contributed by atoms with van der Waals surface area (Å²) in [4.78, 5) is 29.7. The van der Waals surface area contributed by atoms with Gasteiger partial charge in [-0.2, -0.15) is 13.2 Å². The molecule has 2 heterocycles. The Balaban J connectivity index is 1.76. The lowest BCUT2D eigenvalue weighted by molar-refractivity contribution is -0.185. The molecular weight excluding hydrogens is 393 g/mol. The lowest BCUT2D eigenvalue weighted by atomic mass is 10.1. The maximum atomic E-state index is 14.0. The van der Waals surface area contributed by atoms with E-state index in [2.05, 4.69) is 10.3 Å². The number of alkyl halides is 3. The SMILES string of the molecule is Cc1ccc(N2C(=O)NC(Nc3nc4ccccc4s3)(C(F)(F)F)C2=O)cc1. The number of rotatable bonds is 3. The number of hydrogen-bond donors (Lipinski definition) is 2. The Hall–Kier alpha value is -3.14. The number of imide groups is 1. The molecule has 6 nitrogen and oxygen atoms in total. The van der Waals surface area contributed by atoms with Gasteiger partial charge in [-0.1, -0.05) is 41.2 Å². The van der Waals surface area contributed by atoms with Crippen LogP contribution in [0, 0.1) is 6.92 Å². The van der Waals surface area contributed by atoms with Crippen LogP contribution in [0.1, 0.15) is 5.56 Å². The smallest absolute Gasteiger partial charge is 0.323 e. The van der Waals surface area contributed by atoms with E-state index >= 15 is 0 Å². The molecule has 1 aliphatic heterocycles. The van der Waals surface area contributed by atoms with Crippen molar-refractivity contribution in [1.29, 1.82) is 0 Å². The molecule has 0 bridgehead atoms. The molecule has 0 aliphatic carbocycles. The van der Waals surface area contributed by atoms with Crippen LogP contribution in [0.5, 0.6) is 0 Å². The second-order valence-corrected chi connectivity index (χ2v) is 7.30. The zero-order valence-electron chi connectivity index (χ0n) is 14.4. The van der Waals surface area contributed by atoms with Crippen molar-refractivity contribution in [3.63, 3.8) is 0 Å². The summed E-state index contributed by atoms with van der Waals surface area (Å²) >= 11 is 0.957. The zero-order valence-corrected chi connectivity index (χ0v) is 15.2. The average Bonchev–Trinajstić information content (AvgIpc) is 3.14. The first-order valence-electron chi connectivity index (χ1n) is 8.15. The number of urea groups is 1. The molecule has 1 atom stereocenters. The van der Waals surface area contributed by atoms with E-state index in [1.54, 1.807) is 48.6 Å². The summed E-state index contributed by atoms with van der Waals surface area (Å²) < 4.78 is 42.6. The maximum Gasteiger partial charge on any atom is 0.440 e. The molecule has 4 rings (SSSR count). The van der Waals surface area contributed by atoms with Gasteiger partial charge in [0.15, 0.2) is 5.13 Å². The predicted octanol–water partition coefficient (Wildman–Crippen LogP) is 4.03. The second-order valence-electron chi connectivity index (χ2n) is 6.27. The highest BCUT2D eigenvalue weighted by atomic mass is 32.1. The van der Waals surface area contributed by atoms with Crippen LogP contribution in [0.15, 0.2) is 48.5 Å². The van der Waals surface area contributed by atoms with Crippen molar-refractivity contribution in [2.75, 3.05) is 10.2 Å². The number of benzene rings is 2. The van der Waals surface area contributed by atoms with Crippen LogP contribution in [-0.2, 0) is 4.79 Å². The number of aromatic nitrogens is 1. The minimum atomic E-state index is -5.10. The number of amides is 3. The summed E-state index contributed by atoms with van der Waals surface area (Å²) in [5, 5.41) is 3.79. The van der Waals surface area contributed by atoms with Gasteiger partial charge in [0, 0.05) is 0 Å². The van der Waals surface area contributed by atoms with E-state index in [4.69, 9.17) is 0 Å². The Morgan fingerprint density at radius 3 is 2.43 bits per heavy atom. The first-order valence-corrected chi connectivity index (χ1v) is 8.97. The average molecular weight is 406 g/mol. The van der Waals surface area contributed by atoms with E-state index < -0.39 is 23.8 Å². The molecule has 3 aromatic rings. The Morgan fingerprint density at radius 1 is 1.11 bits per heavy atom. The van der Waals surface area contributed by atoms with Crippen molar-refractivity contribution in [1.82, 2.24) is 10.3 Å². The third kappa shape index (κ3) is 2.76. The number of carbonyl (C=O) groups excluding carboxylic acids is 2. The van der Waals surface area contributed by atoms with Crippen LogP contribution in [0.3, 0.4) is 0 Å². The van der Waals surface area contributed by atoms with Gasteiger partial charge in [0.05, 0.1) is 15.9 Å². The highest BCUT2D eigenvalue weighted by molar-refractivity contribution is 7.22. The third-order valence-corrected chi connectivity index (χ3v) is 5.28. The number of para-hydroxylation sites is 1. The minimum Gasteiger partial charge on any atom is -0.323 e. The fraction of sp³-hybridized carbons (Fsp3) is 0.167. The van der Waals surface area contributed by atoms with Crippen molar-refractivity contribution in [3.05, 3.63) is 54.1 Å². The van der Waals surface area contributed by atoms with E-state index in [-0.39, 0.29) is 10.8 Å². The molecule has 1 aliphatic rings. The van der Waals surface area contributed by atoms with Crippen molar-refractivity contribution >= 4 is 44.3 Å². The van der Waals surface area contributed by atoms with Crippen LogP contribution in [-0.4, -0.2) is 28.8 Å². The van der Waals surface area contributed by atoms with Crippen LogP contribution in [0.4, 0.5) is 28.8 Å². The number of halogens is 3. The first kappa shape index (κ1) is 18.2. The summed E-state index contributed by atoms with van der Waals surface area (Å²) in [6.07, 6.45) is -5.10. The minimum absolute atomic E-state index is 0.0466. The molecular formula is C18H13F3N4O2S. The Labute approximate surface area is 161 Å². The third-order valence-electron chi connectivity index (χ3n) is 4.33. The number of aryl methyl sites for hydroxylation is 1. The molecule has 28 heavy (non-hydrogen) atoms. The van der Waals surface area contributed by atoms with Crippen LogP contribution in [0.25, 0.3) is 10.2 Å². The topological polar surface area (TPSA) is 74.3 Å². The van der Waals surface area contributed by atoms with E-state index in [0.29, 0.717) is 15.1 Å². The number of hydrogen-bond acceptors (Lipinski definition) is 5. The largest absolute Gasteiger partial charge is 0.440 e. The molecule has 1 aromatic heterocycles. The molecule has 2 N–H and O–H groups in total. The van der Waals surface area contributed by atoms with Crippen LogP contribution in [0.2, 0.25) is 0 Å². The summed E-state index contributed by atoms with van der Waals surface area (Å²) in [6.45, 7) is 1.78. The molecule has 1 unspecified atom stereocenters. The van der Waals surface area contributed by atoms with Crippen molar-refractivity contribution in [3.8, 4) is 0 Å². The fourth-order valence-electron chi connectivity index (χ4n) is 2.89. The lowest BCUT2D eigenvalue weighted by Crippen LogP contribution is -2.64. The number of nitrogens with one attached hydrogen (secondary N) is 2. The van der Waals surface area contributed by atoms with Gasteiger partial charge < -0.3 is 5.32 Å². The van der Waals surface area contributed by atoms with Gasteiger partial charge in [-0.05, 0) is 31.2 Å². The Bertz CT molecular complexity index is 1050. The predicted molar refractivity (Wildman–Crippen MR) is 99.2 cm³/mol. The molecule has 0 saturated carbocycles. The van der Waals surface area contributed by atoms with Gasteiger partial charge in [0.2, 0.25) is 0 Å². The van der Waals surface area contributed by atoms with Crippen LogP contribution < -0.4 is 15.5 Å². The molecule has 144 valence electrons. The monoisotopic (exact) mass is 406 g/mol.